The molecule has 5 aromatic rings. The molecule has 0 bridgehead atoms. The Bertz CT molecular complexity index is 1380. The van der Waals surface area contributed by atoms with Gasteiger partial charge in [-0.05, 0) is 28.3 Å². The lowest BCUT2D eigenvalue weighted by molar-refractivity contribution is 0.690. The summed E-state index contributed by atoms with van der Waals surface area (Å²) in [6.07, 6.45) is 3.15. The number of pyridine rings is 1. The van der Waals surface area contributed by atoms with E-state index in [9.17, 15) is 0 Å². The second-order valence-electron chi connectivity index (χ2n) is 8.46. The highest BCUT2D eigenvalue weighted by molar-refractivity contribution is 5.88. The van der Waals surface area contributed by atoms with E-state index in [-0.39, 0.29) is 0 Å². The number of benzene rings is 3. The van der Waals surface area contributed by atoms with Gasteiger partial charge in [-0.2, -0.15) is 0 Å². The van der Waals surface area contributed by atoms with Crippen molar-refractivity contribution in [2.24, 2.45) is 0 Å². The minimum atomic E-state index is 0.470. The largest absolute Gasteiger partial charge is 0.382 e. The van der Waals surface area contributed by atoms with E-state index < -0.39 is 0 Å². The fraction of sp³-hybridized carbons (Fsp3) is 0.214. The summed E-state index contributed by atoms with van der Waals surface area (Å²) in [7, 11) is 0. The molecule has 2 heterocycles. The van der Waals surface area contributed by atoms with E-state index in [2.05, 4.69) is 94.6 Å². The SMILES string of the molecule is CCCCc1nc2c(N)nc(NCc3cccc4ccccc34)cc2n1Cc1ccccc1. The monoisotopic (exact) mass is 435 g/mol. The Morgan fingerprint density at radius 2 is 1.70 bits per heavy atom. The Morgan fingerprint density at radius 3 is 2.55 bits per heavy atom. The summed E-state index contributed by atoms with van der Waals surface area (Å²) < 4.78 is 2.29. The summed E-state index contributed by atoms with van der Waals surface area (Å²) in [6.45, 7) is 3.65. The van der Waals surface area contributed by atoms with Crippen LogP contribution in [-0.4, -0.2) is 14.5 Å². The first-order valence-corrected chi connectivity index (χ1v) is 11.6. The topological polar surface area (TPSA) is 68.8 Å². The fourth-order valence-electron chi connectivity index (χ4n) is 4.38. The molecule has 5 nitrogen and oxygen atoms in total. The van der Waals surface area contributed by atoms with Gasteiger partial charge in [0.1, 0.15) is 17.2 Å². The highest BCUT2D eigenvalue weighted by Crippen LogP contribution is 2.27. The van der Waals surface area contributed by atoms with E-state index in [4.69, 9.17) is 10.7 Å². The molecule has 0 fully saturated rings. The lowest BCUT2D eigenvalue weighted by Gasteiger charge is -2.12. The second kappa shape index (κ2) is 9.33. The normalized spacial score (nSPS) is 11.3. The lowest BCUT2D eigenvalue weighted by Crippen LogP contribution is -2.07. The molecule has 3 N–H and O–H groups in total. The van der Waals surface area contributed by atoms with Crippen LogP contribution in [0.2, 0.25) is 0 Å². The quantitative estimate of drug-likeness (QED) is 0.306. The molecule has 0 atom stereocenters. The number of aromatic nitrogens is 3. The van der Waals surface area contributed by atoms with E-state index in [1.807, 2.05) is 6.07 Å². The van der Waals surface area contributed by atoms with E-state index >= 15 is 0 Å². The maximum Gasteiger partial charge on any atom is 0.154 e. The molecule has 0 aliphatic rings. The van der Waals surface area contributed by atoms with Gasteiger partial charge in [0.25, 0.3) is 0 Å². The number of nitrogens with zero attached hydrogens (tertiary/aromatic N) is 3. The molecular weight excluding hydrogens is 406 g/mol. The molecule has 0 amide bonds. The van der Waals surface area contributed by atoms with Gasteiger partial charge in [-0.3, -0.25) is 0 Å². The second-order valence-corrected chi connectivity index (χ2v) is 8.46. The van der Waals surface area contributed by atoms with Crippen LogP contribution >= 0.6 is 0 Å². The summed E-state index contributed by atoms with van der Waals surface area (Å²) in [4.78, 5) is 9.52. The van der Waals surface area contributed by atoms with Gasteiger partial charge in [-0.25, -0.2) is 9.97 Å². The molecule has 0 unspecified atom stereocenters. The van der Waals surface area contributed by atoms with Gasteiger partial charge in [0.05, 0.1) is 5.52 Å². The van der Waals surface area contributed by atoms with Crippen molar-refractivity contribution in [2.45, 2.75) is 39.3 Å². The van der Waals surface area contributed by atoms with E-state index in [0.717, 1.165) is 48.5 Å². The predicted molar refractivity (Wildman–Crippen MR) is 137 cm³/mol. The van der Waals surface area contributed by atoms with Crippen molar-refractivity contribution in [1.29, 1.82) is 0 Å². The predicted octanol–water partition coefficient (Wildman–Crippen LogP) is 6.17. The van der Waals surface area contributed by atoms with Crippen molar-refractivity contribution < 1.29 is 0 Å². The average molecular weight is 436 g/mol. The van der Waals surface area contributed by atoms with Crippen LogP contribution in [0.4, 0.5) is 11.6 Å². The number of rotatable bonds is 8. The third-order valence-corrected chi connectivity index (χ3v) is 6.12. The first-order valence-electron chi connectivity index (χ1n) is 11.6. The number of imidazole rings is 1. The van der Waals surface area contributed by atoms with Crippen molar-refractivity contribution in [1.82, 2.24) is 14.5 Å². The van der Waals surface area contributed by atoms with E-state index in [0.29, 0.717) is 12.4 Å². The van der Waals surface area contributed by atoms with Gasteiger partial charge in [0.15, 0.2) is 5.82 Å². The molecule has 0 saturated carbocycles. The van der Waals surface area contributed by atoms with Crippen LogP contribution in [0.5, 0.6) is 0 Å². The zero-order valence-electron chi connectivity index (χ0n) is 19.0. The maximum absolute atomic E-state index is 6.39. The third-order valence-electron chi connectivity index (χ3n) is 6.12. The van der Waals surface area contributed by atoms with Crippen molar-refractivity contribution in [3.63, 3.8) is 0 Å². The highest BCUT2D eigenvalue weighted by Gasteiger charge is 2.15. The molecule has 3 aromatic carbocycles. The Morgan fingerprint density at radius 1 is 0.909 bits per heavy atom. The van der Waals surface area contributed by atoms with Crippen LogP contribution in [0.25, 0.3) is 21.8 Å². The van der Waals surface area contributed by atoms with Crippen LogP contribution < -0.4 is 11.1 Å². The lowest BCUT2D eigenvalue weighted by atomic mass is 10.0. The summed E-state index contributed by atoms with van der Waals surface area (Å²) in [5, 5.41) is 5.98. The zero-order chi connectivity index (χ0) is 22.6. The molecule has 5 rings (SSSR count). The minimum Gasteiger partial charge on any atom is -0.382 e. The minimum absolute atomic E-state index is 0.470. The average Bonchev–Trinajstić information content (AvgIpc) is 3.19. The zero-order valence-corrected chi connectivity index (χ0v) is 19.0. The Hall–Kier alpha value is -3.86. The Balaban J connectivity index is 1.50. The molecular formula is C28H29N5. The number of nitrogen functional groups attached to an aromatic ring is 1. The number of nitrogens with two attached hydrogens (primary N) is 1. The van der Waals surface area contributed by atoms with Crippen LogP contribution in [0.3, 0.4) is 0 Å². The molecule has 33 heavy (non-hydrogen) atoms. The summed E-state index contributed by atoms with van der Waals surface area (Å²) in [6, 6.07) is 27.4. The number of aryl methyl sites for hydroxylation is 1. The first kappa shape index (κ1) is 21.0. The molecule has 0 aliphatic heterocycles. The fourth-order valence-corrected chi connectivity index (χ4v) is 4.38. The van der Waals surface area contributed by atoms with Gasteiger partial charge in [0.2, 0.25) is 0 Å². The van der Waals surface area contributed by atoms with Crippen molar-refractivity contribution >= 4 is 33.4 Å². The Kier molecular flexibility index (Phi) is 5.94. The molecule has 0 radical (unpaired) electrons. The number of fused-ring (bicyclic) bond motifs is 2. The van der Waals surface area contributed by atoms with Crippen LogP contribution in [0.15, 0.2) is 78.9 Å². The van der Waals surface area contributed by atoms with Crippen LogP contribution in [0.1, 0.15) is 36.7 Å². The van der Waals surface area contributed by atoms with Gasteiger partial charge in [-0.15, -0.1) is 0 Å². The first-order chi connectivity index (χ1) is 16.2. The van der Waals surface area contributed by atoms with E-state index in [1.54, 1.807) is 0 Å². The van der Waals surface area contributed by atoms with Gasteiger partial charge >= 0.3 is 0 Å². The molecule has 0 spiro atoms. The Labute approximate surface area is 194 Å². The van der Waals surface area contributed by atoms with Crippen LogP contribution in [0, 0.1) is 0 Å². The van der Waals surface area contributed by atoms with Gasteiger partial charge in [0, 0.05) is 25.6 Å². The number of hydrogen-bond donors (Lipinski definition) is 2. The van der Waals surface area contributed by atoms with Crippen molar-refractivity contribution in [2.75, 3.05) is 11.1 Å². The molecule has 166 valence electrons. The number of hydrogen-bond acceptors (Lipinski definition) is 4. The van der Waals surface area contributed by atoms with Crippen LogP contribution in [-0.2, 0) is 19.5 Å². The molecule has 2 aromatic heterocycles. The van der Waals surface area contributed by atoms with Crippen molar-refractivity contribution in [3.05, 3.63) is 95.8 Å². The summed E-state index contributed by atoms with van der Waals surface area (Å²) >= 11 is 0. The summed E-state index contributed by atoms with van der Waals surface area (Å²) in [5.41, 5.74) is 10.7. The number of nitrogens with one attached hydrogen (secondary N) is 1. The number of unbranched alkanes of at least 4 members (excludes halogenated alkanes) is 1. The molecule has 0 saturated heterocycles. The maximum atomic E-state index is 6.39. The third kappa shape index (κ3) is 4.40. The van der Waals surface area contributed by atoms with Crippen molar-refractivity contribution in [3.8, 4) is 0 Å². The molecule has 0 aliphatic carbocycles. The van der Waals surface area contributed by atoms with Gasteiger partial charge in [-0.1, -0.05) is 86.1 Å². The molecule has 5 heteroatoms. The number of anilines is 2. The van der Waals surface area contributed by atoms with Gasteiger partial charge < -0.3 is 15.6 Å². The van der Waals surface area contributed by atoms with E-state index in [1.165, 1.54) is 21.9 Å². The standard InChI is InChI=1S/C28H29N5/c1-2-3-16-26-32-27-24(33(26)19-20-10-5-4-6-11-20)17-25(31-28(27)29)30-18-22-14-9-13-21-12-7-8-15-23(21)22/h4-15,17H,2-3,16,18-19H2,1H3,(H3,29,30,31). The highest BCUT2D eigenvalue weighted by atomic mass is 15.1. The summed E-state index contributed by atoms with van der Waals surface area (Å²) in [5.74, 6) is 2.30. The smallest absolute Gasteiger partial charge is 0.154 e.